The first-order valence-electron chi connectivity index (χ1n) is 4.18. The molecule has 0 atom stereocenters. The van der Waals surface area contributed by atoms with Crippen molar-refractivity contribution in [2.24, 2.45) is 5.73 Å². The van der Waals surface area contributed by atoms with Crippen molar-refractivity contribution in [2.75, 3.05) is 24.7 Å². The van der Waals surface area contributed by atoms with Crippen LogP contribution in [-0.4, -0.2) is 29.3 Å². The molecule has 1 rings (SSSR count). The minimum atomic E-state index is 0.681. The Bertz CT molecular complexity index is 254. The Kier molecular flexibility index (Phi) is 4.56. The fourth-order valence-electron chi connectivity index (χ4n) is 0.843. The third-order valence-corrected chi connectivity index (χ3v) is 2.15. The van der Waals surface area contributed by atoms with Gasteiger partial charge < -0.3 is 11.1 Å². The van der Waals surface area contributed by atoms with Crippen molar-refractivity contribution in [1.29, 1.82) is 0 Å². The lowest BCUT2D eigenvalue weighted by atomic mass is 10.4. The van der Waals surface area contributed by atoms with Crippen LogP contribution >= 0.6 is 11.8 Å². The van der Waals surface area contributed by atoms with Crippen molar-refractivity contribution in [2.45, 2.75) is 11.4 Å². The van der Waals surface area contributed by atoms with Gasteiger partial charge in [-0.1, -0.05) is 0 Å². The van der Waals surface area contributed by atoms with Crippen LogP contribution in [0.2, 0.25) is 0 Å². The van der Waals surface area contributed by atoms with Gasteiger partial charge in [0.2, 0.25) is 5.95 Å². The number of hydrogen-bond acceptors (Lipinski definition) is 5. The van der Waals surface area contributed by atoms with E-state index in [0.717, 1.165) is 18.0 Å². The molecule has 5 heteroatoms. The molecule has 72 valence electrons. The largest absolute Gasteiger partial charge is 0.354 e. The van der Waals surface area contributed by atoms with Gasteiger partial charge in [-0.15, -0.1) is 11.8 Å². The van der Waals surface area contributed by atoms with Gasteiger partial charge in [0.25, 0.3) is 0 Å². The molecule has 0 spiro atoms. The summed E-state index contributed by atoms with van der Waals surface area (Å²) >= 11 is 1.61. The molecule has 0 aliphatic heterocycles. The number of thioether (sulfide) groups is 1. The molecule has 0 radical (unpaired) electrons. The summed E-state index contributed by atoms with van der Waals surface area (Å²) in [5.74, 6) is 0.681. The first-order valence-corrected chi connectivity index (χ1v) is 5.40. The van der Waals surface area contributed by atoms with Crippen molar-refractivity contribution in [3.05, 3.63) is 12.3 Å². The van der Waals surface area contributed by atoms with Gasteiger partial charge in [0, 0.05) is 12.7 Å². The predicted octanol–water partition coefficient (Wildman–Crippen LogP) is 0.959. The minimum Gasteiger partial charge on any atom is -0.354 e. The maximum absolute atomic E-state index is 5.36. The molecule has 1 aromatic heterocycles. The van der Waals surface area contributed by atoms with Crippen molar-refractivity contribution in [1.82, 2.24) is 9.97 Å². The highest BCUT2D eigenvalue weighted by Crippen LogP contribution is 2.11. The normalized spacial score (nSPS) is 10.0. The first kappa shape index (κ1) is 10.3. The average molecular weight is 198 g/mol. The van der Waals surface area contributed by atoms with E-state index in [4.69, 9.17) is 5.73 Å². The number of nitrogens with two attached hydrogens (primary N) is 1. The zero-order chi connectivity index (χ0) is 9.52. The maximum atomic E-state index is 5.36. The van der Waals surface area contributed by atoms with Crippen LogP contribution in [0.5, 0.6) is 0 Å². The molecule has 0 aliphatic rings. The van der Waals surface area contributed by atoms with Crippen LogP contribution in [0.25, 0.3) is 0 Å². The van der Waals surface area contributed by atoms with E-state index in [0.29, 0.717) is 12.5 Å². The van der Waals surface area contributed by atoms with E-state index in [1.54, 1.807) is 18.0 Å². The Morgan fingerprint density at radius 1 is 1.62 bits per heavy atom. The molecule has 0 saturated heterocycles. The van der Waals surface area contributed by atoms with E-state index in [1.807, 2.05) is 12.3 Å². The van der Waals surface area contributed by atoms with Crippen LogP contribution in [0.1, 0.15) is 6.42 Å². The van der Waals surface area contributed by atoms with Crippen LogP contribution in [0, 0.1) is 0 Å². The van der Waals surface area contributed by atoms with Crippen molar-refractivity contribution < 1.29 is 0 Å². The van der Waals surface area contributed by atoms with E-state index >= 15 is 0 Å². The fraction of sp³-hybridized carbons (Fsp3) is 0.500. The van der Waals surface area contributed by atoms with Crippen molar-refractivity contribution in [3.8, 4) is 0 Å². The van der Waals surface area contributed by atoms with E-state index in [9.17, 15) is 0 Å². The second-order valence-electron chi connectivity index (χ2n) is 2.49. The second-order valence-corrected chi connectivity index (χ2v) is 3.32. The Morgan fingerprint density at radius 3 is 3.15 bits per heavy atom. The monoisotopic (exact) mass is 198 g/mol. The van der Waals surface area contributed by atoms with Gasteiger partial charge in [-0.3, -0.25) is 0 Å². The molecule has 0 bridgehead atoms. The van der Waals surface area contributed by atoms with Gasteiger partial charge >= 0.3 is 0 Å². The van der Waals surface area contributed by atoms with E-state index in [-0.39, 0.29) is 0 Å². The lowest BCUT2D eigenvalue weighted by Crippen LogP contribution is -2.10. The van der Waals surface area contributed by atoms with Crippen LogP contribution in [0.15, 0.2) is 17.3 Å². The Hall–Kier alpha value is -0.810. The van der Waals surface area contributed by atoms with Gasteiger partial charge in [-0.2, -0.15) is 0 Å². The lowest BCUT2D eigenvalue weighted by Gasteiger charge is -2.03. The SMILES string of the molecule is CSc1ccnc(NCCCN)n1. The Labute approximate surface area is 82.3 Å². The van der Waals surface area contributed by atoms with Crippen LogP contribution < -0.4 is 11.1 Å². The molecular formula is C8H14N4S. The number of hydrogen-bond donors (Lipinski definition) is 2. The molecule has 3 N–H and O–H groups in total. The molecule has 1 aromatic rings. The number of anilines is 1. The highest BCUT2D eigenvalue weighted by Gasteiger charge is 1.95. The molecular weight excluding hydrogens is 184 g/mol. The zero-order valence-electron chi connectivity index (χ0n) is 7.66. The van der Waals surface area contributed by atoms with E-state index < -0.39 is 0 Å². The molecule has 0 saturated carbocycles. The average Bonchev–Trinajstić information content (AvgIpc) is 2.19. The number of nitrogens with zero attached hydrogens (tertiary/aromatic N) is 2. The van der Waals surface area contributed by atoms with Crippen LogP contribution in [0.3, 0.4) is 0 Å². The maximum Gasteiger partial charge on any atom is 0.223 e. The Balaban J connectivity index is 2.46. The summed E-state index contributed by atoms with van der Waals surface area (Å²) in [5, 5.41) is 4.08. The summed E-state index contributed by atoms with van der Waals surface area (Å²) in [5.41, 5.74) is 5.36. The minimum absolute atomic E-state index is 0.681. The number of nitrogens with one attached hydrogen (secondary N) is 1. The van der Waals surface area contributed by atoms with Gasteiger partial charge in [0.05, 0.1) is 0 Å². The van der Waals surface area contributed by atoms with Gasteiger partial charge in [-0.05, 0) is 25.3 Å². The summed E-state index contributed by atoms with van der Waals surface area (Å²) in [4.78, 5) is 8.35. The summed E-state index contributed by atoms with van der Waals surface area (Å²) in [6.07, 6.45) is 4.68. The van der Waals surface area contributed by atoms with E-state index in [2.05, 4.69) is 15.3 Å². The van der Waals surface area contributed by atoms with Crippen LogP contribution in [0.4, 0.5) is 5.95 Å². The molecule has 0 unspecified atom stereocenters. The highest BCUT2D eigenvalue weighted by atomic mass is 32.2. The van der Waals surface area contributed by atoms with Gasteiger partial charge in [0.1, 0.15) is 5.03 Å². The topological polar surface area (TPSA) is 63.8 Å². The summed E-state index contributed by atoms with van der Waals surface area (Å²) < 4.78 is 0. The van der Waals surface area contributed by atoms with Crippen molar-refractivity contribution >= 4 is 17.7 Å². The lowest BCUT2D eigenvalue weighted by molar-refractivity contribution is 0.859. The Morgan fingerprint density at radius 2 is 2.46 bits per heavy atom. The zero-order valence-corrected chi connectivity index (χ0v) is 8.47. The quantitative estimate of drug-likeness (QED) is 0.419. The molecule has 4 nitrogen and oxygen atoms in total. The van der Waals surface area contributed by atoms with Gasteiger partial charge in [-0.25, -0.2) is 9.97 Å². The third-order valence-electron chi connectivity index (χ3n) is 1.50. The predicted molar refractivity (Wildman–Crippen MR) is 56.0 cm³/mol. The highest BCUT2D eigenvalue weighted by molar-refractivity contribution is 7.98. The summed E-state index contributed by atoms with van der Waals surface area (Å²) in [6.45, 7) is 1.52. The molecule has 1 heterocycles. The number of rotatable bonds is 5. The summed E-state index contributed by atoms with van der Waals surface area (Å²) in [6, 6.07) is 1.89. The standard InChI is InChI=1S/C8H14N4S/c1-13-7-3-6-11-8(12-7)10-5-2-4-9/h3,6H,2,4-5,9H2,1H3,(H,10,11,12). The van der Waals surface area contributed by atoms with Gasteiger partial charge in [0.15, 0.2) is 0 Å². The second kappa shape index (κ2) is 5.77. The molecule has 0 aromatic carbocycles. The molecule has 0 aliphatic carbocycles. The van der Waals surface area contributed by atoms with E-state index in [1.165, 1.54) is 0 Å². The third kappa shape index (κ3) is 3.61. The molecule has 0 amide bonds. The van der Waals surface area contributed by atoms with Crippen LogP contribution in [-0.2, 0) is 0 Å². The summed E-state index contributed by atoms with van der Waals surface area (Å²) in [7, 11) is 0. The first-order chi connectivity index (χ1) is 6.36. The van der Waals surface area contributed by atoms with Crippen molar-refractivity contribution in [3.63, 3.8) is 0 Å². The number of aromatic nitrogens is 2. The smallest absolute Gasteiger partial charge is 0.223 e. The fourth-order valence-corrected chi connectivity index (χ4v) is 1.22. The molecule has 13 heavy (non-hydrogen) atoms. The molecule has 0 fully saturated rings.